The SMILES string of the molecule is CC1CC1c1ccc(CNCC(=O)NC(C)(C)C)o1. The van der Waals surface area contributed by atoms with Gasteiger partial charge in [0.25, 0.3) is 0 Å². The molecule has 1 aliphatic rings. The Labute approximate surface area is 114 Å². The summed E-state index contributed by atoms with van der Waals surface area (Å²) >= 11 is 0. The molecule has 4 nitrogen and oxygen atoms in total. The molecule has 1 aromatic heterocycles. The van der Waals surface area contributed by atoms with Crippen LogP contribution in [0.5, 0.6) is 0 Å². The zero-order valence-electron chi connectivity index (χ0n) is 12.2. The van der Waals surface area contributed by atoms with Crippen molar-refractivity contribution in [3.8, 4) is 0 Å². The molecule has 2 unspecified atom stereocenters. The number of furan rings is 1. The molecule has 0 saturated heterocycles. The molecule has 2 rings (SSSR count). The molecule has 19 heavy (non-hydrogen) atoms. The van der Waals surface area contributed by atoms with E-state index in [9.17, 15) is 4.79 Å². The molecule has 2 N–H and O–H groups in total. The zero-order chi connectivity index (χ0) is 14.0. The highest BCUT2D eigenvalue weighted by molar-refractivity contribution is 5.78. The number of amides is 1. The minimum atomic E-state index is -0.182. The fourth-order valence-electron chi connectivity index (χ4n) is 2.17. The lowest BCUT2D eigenvalue weighted by Gasteiger charge is -2.20. The highest BCUT2D eigenvalue weighted by Gasteiger charge is 2.36. The summed E-state index contributed by atoms with van der Waals surface area (Å²) in [6, 6.07) is 4.05. The predicted molar refractivity (Wildman–Crippen MR) is 74.8 cm³/mol. The van der Waals surface area contributed by atoms with E-state index in [4.69, 9.17) is 4.42 Å². The fourth-order valence-corrected chi connectivity index (χ4v) is 2.17. The Morgan fingerprint density at radius 2 is 2.11 bits per heavy atom. The number of nitrogens with one attached hydrogen (secondary N) is 2. The van der Waals surface area contributed by atoms with Crippen LogP contribution in [0, 0.1) is 5.92 Å². The summed E-state index contributed by atoms with van der Waals surface area (Å²) in [6.07, 6.45) is 1.23. The van der Waals surface area contributed by atoms with Crippen LogP contribution in [0.3, 0.4) is 0 Å². The van der Waals surface area contributed by atoms with Crippen LogP contribution in [0.15, 0.2) is 16.5 Å². The van der Waals surface area contributed by atoms with E-state index in [0.29, 0.717) is 19.0 Å². The summed E-state index contributed by atoms with van der Waals surface area (Å²) in [5, 5.41) is 6.01. The monoisotopic (exact) mass is 264 g/mol. The number of hydrogen-bond donors (Lipinski definition) is 2. The van der Waals surface area contributed by atoms with Gasteiger partial charge in [-0.15, -0.1) is 0 Å². The number of rotatable bonds is 5. The first kappa shape index (κ1) is 14.1. The third-order valence-corrected chi connectivity index (χ3v) is 3.26. The Morgan fingerprint density at radius 1 is 1.42 bits per heavy atom. The maximum absolute atomic E-state index is 11.6. The summed E-state index contributed by atoms with van der Waals surface area (Å²) in [4.78, 5) is 11.6. The zero-order valence-corrected chi connectivity index (χ0v) is 12.2. The molecule has 0 radical (unpaired) electrons. The standard InChI is InChI=1S/C15H24N2O2/c1-10-7-12(10)13-6-5-11(19-13)8-16-9-14(18)17-15(2,3)4/h5-6,10,12,16H,7-9H2,1-4H3,(H,17,18). The van der Waals surface area contributed by atoms with E-state index in [1.54, 1.807) is 0 Å². The smallest absolute Gasteiger partial charge is 0.234 e. The van der Waals surface area contributed by atoms with Crippen LogP contribution in [0.1, 0.15) is 51.6 Å². The number of hydrogen-bond acceptors (Lipinski definition) is 3. The van der Waals surface area contributed by atoms with Gasteiger partial charge >= 0.3 is 0 Å². The molecule has 0 spiro atoms. The van der Waals surface area contributed by atoms with Crippen LogP contribution in [0.4, 0.5) is 0 Å². The second-order valence-electron chi connectivity index (χ2n) is 6.53. The average Bonchev–Trinajstić information content (AvgIpc) is 2.82. The third kappa shape index (κ3) is 4.39. The van der Waals surface area contributed by atoms with Crippen LogP contribution in [-0.2, 0) is 11.3 Å². The van der Waals surface area contributed by atoms with Crippen LogP contribution < -0.4 is 10.6 Å². The van der Waals surface area contributed by atoms with E-state index in [-0.39, 0.29) is 11.4 Å². The quantitative estimate of drug-likeness (QED) is 0.858. The van der Waals surface area contributed by atoms with Crippen molar-refractivity contribution in [3.63, 3.8) is 0 Å². The Bertz CT molecular complexity index is 445. The van der Waals surface area contributed by atoms with Crippen molar-refractivity contribution in [2.24, 2.45) is 5.92 Å². The minimum absolute atomic E-state index is 0.00935. The van der Waals surface area contributed by atoms with Crippen molar-refractivity contribution in [2.45, 2.75) is 52.1 Å². The first-order valence-electron chi connectivity index (χ1n) is 6.95. The Kier molecular flexibility index (Phi) is 3.99. The van der Waals surface area contributed by atoms with Crippen LogP contribution in [-0.4, -0.2) is 18.0 Å². The van der Waals surface area contributed by atoms with E-state index in [0.717, 1.165) is 17.4 Å². The van der Waals surface area contributed by atoms with Gasteiger partial charge in [0.2, 0.25) is 5.91 Å². The minimum Gasteiger partial charge on any atom is -0.464 e. The largest absolute Gasteiger partial charge is 0.464 e. The first-order chi connectivity index (χ1) is 8.85. The maximum atomic E-state index is 11.6. The average molecular weight is 264 g/mol. The molecular weight excluding hydrogens is 240 g/mol. The molecule has 1 fully saturated rings. The third-order valence-electron chi connectivity index (χ3n) is 3.26. The fraction of sp³-hybridized carbons (Fsp3) is 0.667. The molecule has 0 bridgehead atoms. The van der Waals surface area contributed by atoms with E-state index in [1.165, 1.54) is 6.42 Å². The molecule has 1 amide bonds. The predicted octanol–water partition coefficient (Wildman–Crippen LogP) is 2.41. The van der Waals surface area contributed by atoms with Crippen LogP contribution >= 0.6 is 0 Å². The Balaban J connectivity index is 1.71. The van der Waals surface area contributed by atoms with Gasteiger partial charge in [0.05, 0.1) is 13.1 Å². The Morgan fingerprint density at radius 3 is 2.68 bits per heavy atom. The number of carbonyl (C=O) groups excluding carboxylic acids is 1. The lowest BCUT2D eigenvalue weighted by molar-refractivity contribution is -0.121. The second kappa shape index (κ2) is 5.37. The first-order valence-corrected chi connectivity index (χ1v) is 6.95. The van der Waals surface area contributed by atoms with Crippen LogP contribution in [0.25, 0.3) is 0 Å². The molecule has 1 aliphatic carbocycles. The van der Waals surface area contributed by atoms with E-state index >= 15 is 0 Å². The van der Waals surface area contributed by atoms with Crippen LogP contribution in [0.2, 0.25) is 0 Å². The maximum Gasteiger partial charge on any atom is 0.234 e. The summed E-state index contributed by atoms with van der Waals surface area (Å²) in [6.45, 7) is 9.06. The van der Waals surface area contributed by atoms with Gasteiger partial charge in [-0.1, -0.05) is 6.92 Å². The molecule has 0 aromatic carbocycles. The van der Waals surface area contributed by atoms with Crippen molar-refractivity contribution in [1.82, 2.24) is 10.6 Å². The van der Waals surface area contributed by atoms with Gasteiger partial charge in [-0.25, -0.2) is 0 Å². The molecule has 1 aromatic rings. The molecule has 0 aliphatic heterocycles. The normalized spacial score (nSPS) is 22.3. The van der Waals surface area contributed by atoms with E-state index < -0.39 is 0 Å². The van der Waals surface area contributed by atoms with Gasteiger partial charge in [0.1, 0.15) is 11.5 Å². The highest BCUT2D eigenvalue weighted by atomic mass is 16.3. The molecule has 4 heteroatoms. The van der Waals surface area contributed by atoms with Gasteiger partial charge in [0.15, 0.2) is 0 Å². The van der Waals surface area contributed by atoms with Gasteiger partial charge in [-0.3, -0.25) is 4.79 Å². The summed E-state index contributed by atoms with van der Waals surface area (Å²) in [5.74, 6) is 3.36. The lowest BCUT2D eigenvalue weighted by Crippen LogP contribution is -2.44. The van der Waals surface area contributed by atoms with Crippen molar-refractivity contribution in [2.75, 3.05) is 6.54 Å². The van der Waals surface area contributed by atoms with Crippen molar-refractivity contribution in [1.29, 1.82) is 0 Å². The molecule has 1 heterocycles. The van der Waals surface area contributed by atoms with E-state index in [1.807, 2.05) is 26.8 Å². The van der Waals surface area contributed by atoms with Gasteiger partial charge in [0, 0.05) is 11.5 Å². The van der Waals surface area contributed by atoms with Gasteiger partial charge in [-0.05, 0) is 45.2 Å². The summed E-state index contributed by atoms with van der Waals surface area (Å²) in [5.41, 5.74) is -0.182. The summed E-state index contributed by atoms with van der Waals surface area (Å²) in [7, 11) is 0. The second-order valence-corrected chi connectivity index (χ2v) is 6.53. The topological polar surface area (TPSA) is 54.3 Å². The Hall–Kier alpha value is -1.29. The van der Waals surface area contributed by atoms with Crippen molar-refractivity contribution >= 4 is 5.91 Å². The van der Waals surface area contributed by atoms with Crippen molar-refractivity contribution in [3.05, 3.63) is 23.7 Å². The van der Waals surface area contributed by atoms with Crippen molar-refractivity contribution < 1.29 is 9.21 Å². The van der Waals surface area contributed by atoms with E-state index in [2.05, 4.69) is 23.6 Å². The molecule has 106 valence electrons. The van der Waals surface area contributed by atoms with Gasteiger partial charge in [-0.2, -0.15) is 0 Å². The lowest BCUT2D eigenvalue weighted by atomic mass is 10.1. The molecule has 1 saturated carbocycles. The molecule has 2 atom stereocenters. The summed E-state index contributed by atoms with van der Waals surface area (Å²) < 4.78 is 5.77. The molecular formula is C15H24N2O2. The van der Waals surface area contributed by atoms with Gasteiger partial charge < -0.3 is 15.1 Å². The number of carbonyl (C=O) groups is 1. The highest BCUT2D eigenvalue weighted by Crippen LogP contribution is 2.47.